The van der Waals surface area contributed by atoms with Gasteiger partial charge in [0.25, 0.3) is 5.56 Å². The molecular weight excluding hydrogens is 346 g/mol. The first kappa shape index (κ1) is 16.8. The van der Waals surface area contributed by atoms with E-state index in [2.05, 4.69) is 5.16 Å². The van der Waals surface area contributed by atoms with Crippen molar-refractivity contribution in [2.24, 2.45) is 11.7 Å². The first-order chi connectivity index (χ1) is 12.3. The van der Waals surface area contributed by atoms with Crippen LogP contribution < -0.4 is 21.6 Å². The number of aryl methyl sites for hydroxylation is 1. The quantitative estimate of drug-likeness (QED) is 0.719. The summed E-state index contributed by atoms with van der Waals surface area (Å²) in [5, 5.41) is 1.65. The summed E-state index contributed by atoms with van der Waals surface area (Å²) in [4.78, 5) is 26.0. The topological polar surface area (TPSA) is 97.3 Å². The highest BCUT2D eigenvalue weighted by molar-refractivity contribution is 5.93. The molecule has 0 bridgehead atoms. The third-order valence-corrected chi connectivity index (χ3v) is 5.14. The van der Waals surface area contributed by atoms with E-state index in [-0.39, 0.29) is 46.2 Å². The normalized spacial score (nSPS) is 20.6. The summed E-state index contributed by atoms with van der Waals surface area (Å²) < 4.78 is 36.6. The molecule has 2 unspecified atom stereocenters. The molecule has 1 aliphatic rings. The van der Waals surface area contributed by atoms with E-state index in [0.717, 1.165) is 6.07 Å². The number of halogens is 2. The molecule has 26 heavy (non-hydrogen) atoms. The zero-order chi connectivity index (χ0) is 18.7. The average Bonchev–Trinajstić information content (AvgIpc) is 3.12. The number of nitrogens with zero attached hydrogens (tertiary/aromatic N) is 2. The number of pyridine rings is 1. The monoisotopic (exact) mass is 364 g/mol. The van der Waals surface area contributed by atoms with E-state index in [1.807, 2.05) is 6.92 Å². The molecular formula is C17H18F2N4O3. The summed E-state index contributed by atoms with van der Waals surface area (Å²) in [6, 6.07) is 0.797. The van der Waals surface area contributed by atoms with Crippen molar-refractivity contribution in [2.45, 2.75) is 26.4 Å². The molecule has 0 spiro atoms. The Bertz CT molecular complexity index is 1140. The minimum absolute atomic E-state index is 0.0575. The summed E-state index contributed by atoms with van der Waals surface area (Å²) in [5.41, 5.74) is 4.14. The molecule has 2 aromatic heterocycles. The average molecular weight is 364 g/mol. The minimum Gasteiger partial charge on any atom is -0.365 e. The number of hydrogen-bond donors (Lipinski definition) is 2. The third kappa shape index (κ3) is 2.13. The highest BCUT2D eigenvalue weighted by Gasteiger charge is 2.32. The van der Waals surface area contributed by atoms with Crippen molar-refractivity contribution in [1.82, 2.24) is 9.72 Å². The summed E-state index contributed by atoms with van der Waals surface area (Å²) >= 11 is 0. The molecule has 4 rings (SSSR count). The number of fused-ring (bicyclic) bond motifs is 2. The van der Waals surface area contributed by atoms with Crippen molar-refractivity contribution in [3.05, 3.63) is 38.3 Å². The first-order valence-corrected chi connectivity index (χ1v) is 8.41. The van der Waals surface area contributed by atoms with Gasteiger partial charge in [-0.1, -0.05) is 6.92 Å². The van der Waals surface area contributed by atoms with Gasteiger partial charge in [-0.3, -0.25) is 9.59 Å². The maximum atomic E-state index is 15.4. The maximum Gasteiger partial charge on any atom is 0.293 e. The number of benzene rings is 1. The fraction of sp³-hybridized carbons (Fsp3) is 0.412. The van der Waals surface area contributed by atoms with E-state index in [0.29, 0.717) is 13.1 Å². The fourth-order valence-electron chi connectivity index (χ4n) is 3.72. The van der Waals surface area contributed by atoms with Gasteiger partial charge in [0.2, 0.25) is 11.1 Å². The van der Waals surface area contributed by atoms with Crippen LogP contribution in [0.3, 0.4) is 0 Å². The standard InChI is InChI=1S/C17H18F2N4O3/c1-3-23-13-8(15(24)11-16(25)21-26-17(11)23)4-9(18)14(12(13)19)22-5-7(2)10(20)6-22/h4,7,10H,3,5-6,20H2,1-2H3,(H,21,25). The minimum atomic E-state index is -0.856. The summed E-state index contributed by atoms with van der Waals surface area (Å²) in [6.45, 7) is 4.59. The maximum absolute atomic E-state index is 15.4. The van der Waals surface area contributed by atoms with E-state index in [9.17, 15) is 14.0 Å². The molecule has 7 nitrogen and oxygen atoms in total. The second-order valence-corrected chi connectivity index (χ2v) is 6.75. The molecule has 1 saturated heterocycles. The van der Waals surface area contributed by atoms with Gasteiger partial charge in [-0.25, -0.2) is 8.78 Å². The number of hydrogen-bond acceptors (Lipinski definition) is 5. The zero-order valence-corrected chi connectivity index (χ0v) is 14.3. The van der Waals surface area contributed by atoms with E-state index < -0.39 is 22.6 Å². The lowest BCUT2D eigenvalue weighted by Crippen LogP contribution is -2.29. The van der Waals surface area contributed by atoms with E-state index in [1.165, 1.54) is 4.57 Å². The number of rotatable bonds is 2. The Labute approximate surface area is 145 Å². The highest BCUT2D eigenvalue weighted by atomic mass is 19.1. The molecule has 3 heterocycles. The molecule has 0 saturated carbocycles. The summed E-state index contributed by atoms with van der Waals surface area (Å²) in [5.74, 6) is -1.62. The SMILES string of the molecule is CCn1c2o[nH]c(=O)c2c(=O)c2cc(F)c(N3CC(C)C(N)C3)c(F)c21. The molecule has 9 heteroatoms. The van der Waals surface area contributed by atoms with Gasteiger partial charge in [0.15, 0.2) is 11.2 Å². The highest BCUT2D eigenvalue weighted by Crippen LogP contribution is 2.33. The Balaban J connectivity index is 2.11. The van der Waals surface area contributed by atoms with Crippen molar-refractivity contribution >= 4 is 27.7 Å². The van der Waals surface area contributed by atoms with Gasteiger partial charge in [-0.05, 0) is 18.9 Å². The van der Waals surface area contributed by atoms with Gasteiger partial charge >= 0.3 is 0 Å². The van der Waals surface area contributed by atoms with Gasteiger partial charge < -0.3 is 19.7 Å². The van der Waals surface area contributed by atoms with Crippen molar-refractivity contribution in [1.29, 1.82) is 0 Å². The van der Waals surface area contributed by atoms with Gasteiger partial charge in [-0.2, -0.15) is 5.16 Å². The number of nitrogens with two attached hydrogens (primary N) is 1. The number of aromatic nitrogens is 2. The molecule has 0 radical (unpaired) electrons. The van der Waals surface area contributed by atoms with Crippen LogP contribution in [0.1, 0.15) is 13.8 Å². The number of H-pyrrole nitrogens is 1. The van der Waals surface area contributed by atoms with Crippen molar-refractivity contribution in [2.75, 3.05) is 18.0 Å². The van der Waals surface area contributed by atoms with E-state index in [1.54, 1.807) is 11.8 Å². The Morgan fingerprint density at radius 1 is 1.35 bits per heavy atom. The molecule has 1 aliphatic heterocycles. The summed E-state index contributed by atoms with van der Waals surface area (Å²) in [6.07, 6.45) is 0. The van der Waals surface area contributed by atoms with Gasteiger partial charge in [0.05, 0.1) is 10.9 Å². The molecule has 138 valence electrons. The predicted octanol–water partition coefficient (Wildman–Crippen LogP) is 1.52. The second-order valence-electron chi connectivity index (χ2n) is 6.75. The van der Waals surface area contributed by atoms with E-state index >= 15 is 4.39 Å². The van der Waals surface area contributed by atoms with Crippen LogP contribution in [-0.4, -0.2) is 28.9 Å². The second kappa shape index (κ2) is 5.66. The molecule has 2 atom stereocenters. The van der Waals surface area contributed by atoms with Crippen molar-refractivity contribution in [3.63, 3.8) is 0 Å². The van der Waals surface area contributed by atoms with Crippen LogP contribution in [0.15, 0.2) is 20.2 Å². The number of anilines is 1. The van der Waals surface area contributed by atoms with Gasteiger partial charge in [-0.15, -0.1) is 0 Å². The predicted molar refractivity (Wildman–Crippen MR) is 93.5 cm³/mol. The fourth-order valence-corrected chi connectivity index (χ4v) is 3.72. The Hall–Kier alpha value is -2.68. The summed E-state index contributed by atoms with van der Waals surface area (Å²) in [7, 11) is 0. The largest absolute Gasteiger partial charge is 0.365 e. The first-order valence-electron chi connectivity index (χ1n) is 8.41. The molecule has 3 aromatic rings. The molecule has 1 aromatic carbocycles. The zero-order valence-electron chi connectivity index (χ0n) is 14.3. The van der Waals surface area contributed by atoms with Crippen LogP contribution in [0.2, 0.25) is 0 Å². The van der Waals surface area contributed by atoms with E-state index in [4.69, 9.17) is 10.3 Å². The number of aromatic amines is 1. The van der Waals surface area contributed by atoms with Crippen molar-refractivity contribution < 1.29 is 13.3 Å². The van der Waals surface area contributed by atoms with Crippen LogP contribution in [0.25, 0.3) is 22.0 Å². The van der Waals surface area contributed by atoms with Gasteiger partial charge in [0, 0.05) is 25.7 Å². The molecule has 3 N–H and O–H groups in total. The third-order valence-electron chi connectivity index (χ3n) is 5.14. The Morgan fingerprint density at radius 2 is 2.08 bits per heavy atom. The Kier molecular flexibility index (Phi) is 3.65. The molecule has 0 aliphatic carbocycles. The van der Waals surface area contributed by atoms with Crippen LogP contribution in [0.4, 0.5) is 14.5 Å². The smallest absolute Gasteiger partial charge is 0.293 e. The van der Waals surface area contributed by atoms with Gasteiger partial charge in [0.1, 0.15) is 11.5 Å². The van der Waals surface area contributed by atoms with Crippen molar-refractivity contribution in [3.8, 4) is 0 Å². The lowest BCUT2D eigenvalue weighted by Gasteiger charge is -2.21. The van der Waals surface area contributed by atoms with Crippen LogP contribution >= 0.6 is 0 Å². The van der Waals surface area contributed by atoms with Crippen LogP contribution in [0.5, 0.6) is 0 Å². The lowest BCUT2D eigenvalue weighted by molar-refractivity contribution is 0.429. The lowest BCUT2D eigenvalue weighted by atomic mass is 10.1. The Morgan fingerprint density at radius 3 is 2.69 bits per heavy atom. The molecule has 1 fully saturated rings. The van der Waals surface area contributed by atoms with Crippen LogP contribution in [0, 0.1) is 17.6 Å². The number of nitrogens with one attached hydrogen (secondary N) is 1. The van der Waals surface area contributed by atoms with Crippen LogP contribution in [-0.2, 0) is 6.54 Å². The molecule has 0 amide bonds.